The molecule has 6 rings (SSSR count). The zero-order valence-corrected chi connectivity index (χ0v) is 11.9. The molecule has 2 amide bonds. The van der Waals surface area contributed by atoms with Gasteiger partial charge in [0, 0.05) is 17.3 Å². The van der Waals surface area contributed by atoms with Crippen LogP contribution in [0, 0.1) is 35.5 Å². The van der Waals surface area contributed by atoms with Crippen molar-refractivity contribution in [2.75, 3.05) is 4.90 Å². The first-order valence-electron chi connectivity index (χ1n) is 7.34. The maximum absolute atomic E-state index is 12.8. The molecule has 0 spiro atoms. The van der Waals surface area contributed by atoms with E-state index in [1.54, 1.807) is 12.1 Å². The van der Waals surface area contributed by atoms with Crippen molar-refractivity contribution >= 4 is 29.2 Å². The van der Waals surface area contributed by atoms with Gasteiger partial charge in [-0.25, -0.2) is 9.88 Å². The Hall–Kier alpha value is -1.68. The van der Waals surface area contributed by atoms with Crippen molar-refractivity contribution < 1.29 is 9.59 Å². The summed E-state index contributed by atoms with van der Waals surface area (Å²) in [4.78, 5) is 31.0. The molecule has 4 nitrogen and oxygen atoms in total. The zero-order chi connectivity index (χ0) is 14.3. The third kappa shape index (κ3) is 1.39. The van der Waals surface area contributed by atoms with Crippen molar-refractivity contribution in [2.24, 2.45) is 35.5 Å². The number of nitrogens with zero attached hydrogens (tertiary/aromatic N) is 2. The van der Waals surface area contributed by atoms with Gasteiger partial charge in [0.25, 0.3) is 0 Å². The van der Waals surface area contributed by atoms with Gasteiger partial charge in [-0.1, -0.05) is 23.8 Å². The molecule has 106 valence electrons. The predicted molar refractivity (Wildman–Crippen MR) is 76.4 cm³/mol. The first-order chi connectivity index (χ1) is 10.2. The summed E-state index contributed by atoms with van der Waals surface area (Å²) in [5.41, 5.74) is 0. The lowest BCUT2D eigenvalue weighted by atomic mass is 9.63. The molecule has 1 saturated heterocycles. The molecule has 0 unspecified atom stereocenters. The number of hydrogen-bond donors (Lipinski definition) is 0. The minimum absolute atomic E-state index is 0.0931. The largest absolute Gasteiger partial charge is 0.274 e. The van der Waals surface area contributed by atoms with E-state index in [1.807, 2.05) is 0 Å². The van der Waals surface area contributed by atoms with Gasteiger partial charge in [0.1, 0.15) is 5.82 Å². The summed E-state index contributed by atoms with van der Waals surface area (Å²) in [6, 6.07) is 3.23. The van der Waals surface area contributed by atoms with E-state index in [0.717, 1.165) is 0 Å². The Morgan fingerprint density at radius 3 is 2.29 bits per heavy atom. The Balaban J connectivity index is 1.60. The molecule has 6 atom stereocenters. The van der Waals surface area contributed by atoms with Crippen molar-refractivity contribution in [3.05, 3.63) is 35.5 Å². The fraction of sp³-hybridized carbons (Fsp3) is 0.438. The molecule has 1 aromatic heterocycles. The molecule has 21 heavy (non-hydrogen) atoms. The second-order valence-corrected chi connectivity index (χ2v) is 6.94. The highest BCUT2D eigenvalue weighted by molar-refractivity contribution is 6.31. The van der Waals surface area contributed by atoms with Gasteiger partial charge in [-0.2, -0.15) is 0 Å². The molecule has 4 aliphatic carbocycles. The molecular formula is C16H13ClN2O2. The van der Waals surface area contributed by atoms with Gasteiger partial charge in [-0.3, -0.25) is 9.59 Å². The summed E-state index contributed by atoms with van der Waals surface area (Å²) in [5.74, 6) is 1.52. The highest BCUT2D eigenvalue weighted by Crippen LogP contribution is 2.65. The summed E-state index contributed by atoms with van der Waals surface area (Å²) in [6.07, 6.45) is 7.04. The van der Waals surface area contributed by atoms with Crippen LogP contribution in [0.2, 0.25) is 5.02 Å². The number of anilines is 1. The quantitative estimate of drug-likeness (QED) is 0.590. The van der Waals surface area contributed by atoms with E-state index in [1.165, 1.54) is 17.5 Å². The van der Waals surface area contributed by atoms with E-state index in [0.29, 0.717) is 22.7 Å². The second-order valence-electron chi connectivity index (χ2n) is 6.50. The van der Waals surface area contributed by atoms with E-state index in [4.69, 9.17) is 11.6 Å². The highest BCUT2D eigenvalue weighted by Gasteiger charge is 2.67. The fourth-order valence-corrected chi connectivity index (χ4v) is 4.85. The van der Waals surface area contributed by atoms with Crippen LogP contribution in [0.25, 0.3) is 0 Å². The first kappa shape index (κ1) is 11.9. The third-order valence-electron chi connectivity index (χ3n) is 5.60. The lowest BCUT2D eigenvalue weighted by Crippen LogP contribution is -2.40. The Morgan fingerprint density at radius 1 is 1.10 bits per heavy atom. The SMILES string of the molecule is O=C1[C@@H]2[C@H]3C=C[C@@H]([C@@H]4C[C@@H]34)[C@H]2C(=O)N1c1cc(Cl)ccn1. The molecule has 0 radical (unpaired) electrons. The van der Waals surface area contributed by atoms with Crippen molar-refractivity contribution in [2.45, 2.75) is 6.42 Å². The van der Waals surface area contributed by atoms with Crippen LogP contribution in [0.3, 0.4) is 0 Å². The molecule has 1 aromatic rings. The molecule has 0 N–H and O–H groups in total. The molecule has 1 aliphatic heterocycles. The van der Waals surface area contributed by atoms with Gasteiger partial charge in [0.15, 0.2) is 0 Å². The van der Waals surface area contributed by atoms with E-state index >= 15 is 0 Å². The van der Waals surface area contributed by atoms with E-state index in [9.17, 15) is 9.59 Å². The average Bonchev–Trinajstić information content (AvgIpc) is 3.24. The van der Waals surface area contributed by atoms with Crippen LogP contribution in [0.1, 0.15) is 6.42 Å². The summed E-state index contributed by atoms with van der Waals surface area (Å²) in [6.45, 7) is 0. The van der Waals surface area contributed by atoms with Crippen LogP contribution in [0.15, 0.2) is 30.5 Å². The number of imide groups is 1. The number of halogens is 1. The lowest BCUT2D eigenvalue weighted by Gasteiger charge is -2.37. The van der Waals surface area contributed by atoms with Gasteiger partial charge in [-0.05, 0) is 36.2 Å². The molecule has 2 bridgehead atoms. The monoisotopic (exact) mass is 300 g/mol. The Morgan fingerprint density at radius 2 is 1.71 bits per heavy atom. The maximum atomic E-state index is 12.8. The summed E-state index contributed by atoms with van der Waals surface area (Å²) in [5, 5.41) is 0.486. The molecule has 2 saturated carbocycles. The molecule has 0 aromatic carbocycles. The van der Waals surface area contributed by atoms with Crippen molar-refractivity contribution in [1.29, 1.82) is 0 Å². The molecule has 3 fully saturated rings. The number of rotatable bonds is 1. The molecule has 5 heteroatoms. The summed E-state index contributed by atoms with van der Waals surface area (Å²) in [7, 11) is 0. The normalized spacial score (nSPS) is 42.2. The molecular weight excluding hydrogens is 288 g/mol. The van der Waals surface area contributed by atoms with E-state index in [2.05, 4.69) is 17.1 Å². The highest BCUT2D eigenvalue weighted by atomic mass is 35.5. The number of hydrogen-bond acceptors (Lipinski definition) is 3. The van der Waals surface area contributed by atoms with Gasteiger partial charge in [0.05, 0.1) is 11.8 Å². The predicted octanol–water partition coefficient (Wildman–Crippen LogP) is 2.29. The summed E-state index contributed by atoms with van der Waals surface area (Å²) >= 11 is 5.97. The van der Waals surface area contributed by atoms with Crippen molar-refractivity contribution in [3.8, 4) is 0 Å². The minimum Gasteiger partial charge on any atom is -0.274 e. The first-order valence-corrected chi connectivity index (χ1v) is 7.72. The van der Waals surface area contributed by atoms with Crippen LogP contribution in [-0.2, 0) is 9.59 Å². The van der Waals surface area contributed by atoms with Gasteiger partial charge >= 0.3 is 0 Å². The number of allylic oxidation sites excluding steroid dienone is 2. The number of pyridine rings is 1. The van der Waals surface area contributed by atoms with E-state index < -0.39 is 0 Å². The molecule has 2 heterocycles. The second kappa shape index (κ2) is 3.74. The number of aromatic nitrogens is 1. The minimum atomic E-state index is -0.183. The van der Waals surface area contributed by atoms with Gasteiger partial charge in [-0.15, -0.1) is 0 Å². The van der Waals surface area contributed by atoms with Crippen LogP contribution in [-0.4, -0.2) is 16.8 Å². The Labute approximate surface area is 126 Å². The van der Waals surface area contributed by atoms with Crippen molar-refractivity contribution in [1.82, 2.24) is 4.98 Å². The Bertz CT molecular complexity index is 680. The lowest BCUT2D eigenvalue weighted by molar-refractivity contribution is -0.124. The van der Waals surface area contributed by atoms with Crippen molar-refractivity contribution in [3.63, 3.8) is 0 Å². The van der Waals surface area contributed by atoms with Gasteiger partial charge in [0.2, 0.25) is 11.8 Å². The molecule has 5 aliphatic rings. The van der Waals surface area contributed by atoms with Crippen LogP contribution >= 0.6 is 11.6 Å². The topological polar surface area (TPSA) is 50.3 Å². The maximum Gasteiger partial charge on any atom is 0.239 e. The standard InChI is InChI=1S/C16H13ClN2O2/c17-7-3-4-18-12(5-7)19-15(20)13-8-1-2-9(11-6-10(8)11)14(13)16(19)21/h1-5,8-11,13-14H,6H2/t8-,9-,10-,11-,13+,14+/m0/s1. The third-order valence-corrected chi connectivity index (χ3v) is 5.83. The number of amides is 2. The number of carbonyl (C=O) groups is 2. The number of carbonyl (C=O) groups excluding carboxylic acids is 2. The van der Waals surface area contributed by atoms with E-state index in [-0.39, 0.29) is 35.5 Å². The van der Waals surface area contributed by atoms with Crippen LogP contribution in [0.4, 0.5) is 5.82 Å². The van der Waals surface area contributed by atoms with Gasteiger partial charge < -0.3 is 0 Å². The summed E-state index contributed by atoms with van der Waals surface area (Å²) < 4.78 is 0. The van der Waals surface area contributed by atoms with Crippen LogP contribution < -0.4 is 4.90 Å². The smallest absolute Gasteiger partial charge is 0.239 e. The zero-order valence-electron chi connectivity index (χ0n) is 11.1. The average molecular weight is 301 g/mol. The Kier molecular flexibility index (Phi) is 2.12. The fourth-order valence-electron chi connectivity index (χ4n) is 4.70. The van der Waals surface area contributed by atoms with Crippen LogP contribution in [0.5, 0.6) is 0 Å².